The Labute approximate surface area is 204 Å². The number of aryl methyl sites for hydroxylation is 1. The molecule has 0 fully saturated rings. The second kappa shape index (κ2) is 8.84. The number of nitrogen functional groups attached to an aromatic ring is 1. The summed E-state index contributed by atoms with van der Waals surface area (Å²) in [5.41, 5.74) is 9.47. The molecule has 0 saturated carbocycles. The number of nitrogens with zero attached hydrogens (tertiary/aromatic N) is 3. The second-order valence-electron chi connectivity index (χ2n) is 8.32. The second-order valence-corrected chi connectivity index (χ2v) is 8.32. The number of benzene rings is 2. The Kier molecular flexibility index (Phi) is 5.68. The van der Waals surface area contributed by atoms with E-state index in [2.05, 4.69) is 15.3 Å². The molecule has 3 heterocycles. The predicted octanol–water partition coefficient (Wildman–Crippen LogP) is 6.25. The number of carbonyl (C=O) groups excluding carboxylic acids is 1. The number of carbonyl (C=O) groups is 1. The number of halogens is 3. The van der Waals surface area contributed by atoms with E-state index in [9.17, 15) is 18.0 Å². The Balaban J connectivity index is 1.48. The van der Waals surface area contributed by atoms with Gasteiger partial charge in [-0.15, -0.1) is 0 Å². The van der Waals surface area contributed by atoms with E-state index in [-0.39, 0.29) is 5.56 Å². The van der Waals surface area contributed by atoms with Gasteiger partial charge in [0.15, 0.2) is 0 Å². The van der Waals surface area contributed by atoms with E-state index in [1.807, 2.05) is 42.0 Å². The van der Waals surface area contributed by atoms with Crippen LogP contribution >= 0.6 is 0 Å². The molecule has 0 aliphatic carbocycles. The molecule has 0 saturated heterocycles. The monoisotopic (exact) mass is 487 g/mol. The van der Waals surface area contributed by atoms with Gasteiger partial charge in [0.05, 0.1) is 22.5 Å². The van der Waals surface area contributed by atoms with E-state index in [4.69, 9.17) is 5.73 Å². The largest absolute Gasteiger partial charge is 0.416 e. The van der Waals surface area contributed by atoms with Crippen molar-refractivity contribution < 1.29 is 18.0 Å². The van der Waals surface area contributed by atoms with Crippen molar-refractivity contribution in [1.82, 2.24) is 14.5 Å². The van der Waals surface area contributed by atoms with E-state index >= 15 is 0 Å². The third kappa shape index (κ3) is 4.50. The number of hydrogen-bond donors (Lipinski definition) is 2. The van der Waals surface area contributed by atoms with Gasteiger partial charge in [0.2, 0.25) is 0 Å². The molecule has 9 heteroatoms. The number of rotatable bonds is 4. The van der Waals surface area contributed by atoms with Crippen LogP contribution in [0.3, 0.4) is 0 Å². The summed E-state index contributed by atoms with van der Waals surface area (Å²) in [5, 5.41) is 3.62. The molecular weight excluding hydrogens is 467 g/mol. The molecule has 0 bridgehead atoms. The van der Waals surface area contributed by atoms with Crippen molar-refractivity contribution in [3.8, 4) is 16.9 Å². The van der Waals surface area contributed by atoms with Crippen molar-refractivity contribution in [2.24, 2.45) is 0 Å². The van der Waals surface area contributed by atoms with Gasteiger partial charge in [-0.2, -0.15) is 13.2 Å². The van der Waals surface area contributed by atoms with Crippen LogP contribution < -0.4 is 11.1 Å². The molecule has 0 aliphatic heterocycles. The molecule has 1 amide bonds. The standard InChI is InChI=1S/C27H20F3N5O/c1-16-5-6-20(34-26(36)17-3-2-4-19(11-17)27(28,29)30)12-22(16)23-14-24-18(15-33-23)8-10-35(24)21-7-9-32-25(31)13-21/h2-15H,1H3,(H2,31,32)(H,34,36). The van der Waals surface area contributed by atoms with Crippen LogP contribution in [0.25, 0.3) is 27.8 Å². The number of nitrogens with two attached hydrogens (primary N) is 1. The highest BCUT2D eigenvalue weighted by Gasteiger charge is 2.30. The van der Waals surface area contributed by atoms with Gasteiger partial charge >= 0.3 is 6.18 Å². The Morgan fingerprint density at radius 3 is 2.61 bits per heavy atom. The Bertz CT molecular complexity index is 1610. The number of hydrogen-bond acceptors (Lipinski definition) is 4. The van der Waals surface area contributed by atoms with Crippen molar-refractivity contribution in [3.63, 3.8) is 0 Å². The zero-order valence-corrected chi connectivity index (χ0v) is 19.0. The van der Waals surface area contributed by atoms with Crippen LogP contribution in [-0.4, -0.2) is 20.4 Å². The maximum absolute atomic E-state index is 13.0. The van der Waals surface area contributed by atoms with E-state index < -0.39 is 17.6 Å². The maximum Gasteiger partial charge on any atom is 0.416 e. The van der Waals surface area contributed by atoms with Gasteiger partial charge in [-0.3, -0.25) is 9.78 Å². The molecule has 5 rings (SSSR count). The van der Waals surface area contributed by atoms with Crippen LogP contribution in [0.2, 0.25) is 0 Å². The lowest BCUT2D eigenvalue weighted by atomic mass is 10.0. The number of anilines is 2. The van der Waals surface area contributed by atoms with Crippen LogP contribution in [0.1, 0.15) is 21.5 Å². The average Bonchev–Trinajstić information content (AvgIpc) is 3.28. The van der Waals surface area contributed by atoms with Crippen molar-refractivity contribution in [1.29, 1.82) is 0 Å². The third-order valence-electron chi connectivity index (χ3n) is 5.84. The lowest BCUT2D eigenvalue weighted by molar-refractivity contribution is -0.137. The van der Waals surface area contributed by atoms with E-state index in [1.54, 1.807) is 30.6 Å². The fourth-order valence-corrected chi connectivity index (χ4v) is 4.00. The minimum absolute atomic E-state index is 0.0825. The first-order valence-corrected chi connectivity index (χ1v) is 11.0. The maximum atomic E-state index is 13.0. The number of fused-ring (bicyclic) bond motifs is 1. The summed E-state index contributed by atoms with van der Waals surface area (Å²) in [4.78, 5) is 21.3. The summed E-state index contributed by atoms with van der Waals surface area (Å²) in [5.74, 6) is -0.229. The molecule has 36 heavy (non-hydrogen) atoms. The number of alkyl halides is 3. The first-order chi connectivity index (χ1) is 17.2. The fourth-order valence-electron chi connectivity index (χ4n) is 4.00. The van der Waals surface area contributed by atoms with Crippen molar-refractivity contribution >= 4 is 28.3 Å². The molecule has 0 unspecified atom stereocenters. The first kappa shape index (κ1) is 23.1. The summed E-state index contributed by atoms with van der Waals surface area (Å²) < 4.78 is 41.1. The normalized spacial score (nSPS) is 11.6. The number of aromatic nitrogens is 3. The summed E-state index contributed by atoms with van der Waals surface area (Å²) in [6.45, 7) is 1.92. The Hall–Kier alpha value is -4.66. The van der Waals surface area contributed by atoms with E-state index in [0.717, 1.165) is 39.8 Å². The summed E-state index contributed by atoms with van der Waals surface area (Å²) >= 11 is 0. The van der Waals surface area contributed by atoms with Crippen LogP contribution in [0.5, 0.6) is 0 Å². The molecule has 0 spiro atoms. The smallest absolute Gasteiger partial charge is 0.384 e. The highest BCUT2D eigenvalue weighted by Crippen LogP contribution is 2.31. The van der Waals surface area contributed by atoms with Gasteiger partial charge in [-0.25, -0.2) is 4.98 Å². The van der Waals surface area contributed by atoms with Gasteiger partial charge in [-0.05, 0) is 61.0 Å². The van der Waals surface area contributed by atoms with Crippen molar-refractivity contribution in [2.45, 2.75) is 13.1 Å². The van der Waals surface area contributed by atoms with Gasteiger partial charge < -0.3 is 15.6 Å². The molecule has 6 nitrogen and oxygen atoms in total. The summed E-state index contributed by atoms with van der Waals surface area (Å²) in [6.07, 6.45) is 0.791. The lowest BCUT2D eigenvalue weighted by Gasteiger charge is -2.12. The minimum atomic E-state index is -4.53. The quantitative estimate of drug-likeness (QED) is 0.314. The van der Waals surface area contributed by atoms with Crippen molar-refractivity contribution in [2.75, 3.05) is 11.1 Å². The van der Waals surface area contributed by atoms with E-state index in [0.29, 0.717) is 17.2 Å². The van der Waals surface area contributed by atoms with E-state index in [1.165, 1.54) is 12.1 Å². The molecule has 3 aromatic heterocycles. The number of nitrogens with one attached hydrogen (secondary N) is 1. The van der Waals surface area contributed by atoms with Crippen LogP contribution in [-0.2, 0) is 6.18 Å². The SMILES string of the molecule is Cc1ccc(NC(=O)c2cccc(C(F)(F)F)c2)cc1-c1cc2c(ccn2-c2ccnc(N)c2)cn1. The Morgan fingerprint density at radius 1 is 1.00 bits per heavy atom. The lowest BCUT2D eigenvalue weighted by Crippen LogP contribution is -2.14. The molecule has 0 radical (unpaired) electrons. The van der Waals surface area contributed by atoms with Crippen LogP contribution in [0, 0.1) is 6.92 Å². The highest BCUT2D eigenvalue weighted by atomic mass is 19.4. The van der Waals surface area contributed by atoms with Crippen LogP contribution in [0.4, 0.5) is 24.7 Å². The predicted molar refractivity (Wildman–Crippen MR) is 133 cm³/mol. The molecule has 5 aromatic rings. The third-order valence-corrected chi connectivity index (χ3v) is 5.84. The highest BCUT2D eigenvalue weighted by molar-refractivity contribution is 6.04. The fraction of sp³-hybridized carbons (Fsp3) is 0.0741. The average molecular weight is 487 g/mol. The van der Waals surface area contributed by atoms with Crippen molar-refractivity contribution in [3.05, 3.63) is 102 Å². The van der Waals surface area contributed by atoms with Gasteiger partial charge in [0.1, 0.15) is 5.82 Å². The Morgan fingerprint density at radius 2 is 1.83 bits per heavy atom. The number of amides is 1. The molecule has 2 aromatic carbocycles. The summed E-state index contributed by atoms with van der Waals surface area (Å²) in [6, 6.07) is 17.1. The molecular formula is C27H20F3N5O. The summed E-state index contributed by atoms with van der Waals surface area (Å²) in [7, 11) is 0. The minimum Gasteiger partial charge on any atom is -0.384 e. The zero-order chi connectivity index (χ0) is 25.4. The molecule has 180 valence electrons. The zero-order valence-electron chi connectivity index (χ0n) is 19.0. The number of pyridine rings is 2. The molecule has 0 aliphatic rings. The first-order valence-electron chi connectivity index (χ1n) is 11.0. The van der Waals surface area contributed by atoms with Gasteiger partial charge in [-0.1, -0.05) is 12.1 Å². The van der Waals surface area contributed by atoms with Gasteiger partial charge in [0.25, 0.3) is 5.91 Å². The topological polar surface area (TPSA) is 85.8 Å². The molecule has 3 N–H and O–H groups in total. The molecule has 0 atom stereocenters. The van der Waals surface area contributed by atoms with Crippen LogP contribution in [0.15, 0.2) is 85.3 Å². The van der Waals surface area contributed by atoms with Gasteiger partial charge in [0, 0.05) is 46.9 Å².